The molecule has 0 fully saturated rings. The van der Waals surface area contributed by atoms with Gasteiger partial charge in [-0.2, -0.15) is 5.10 Å². The maximum absolute atomic E-state index is 13.0. The number of sulfonamides is 1. The molecule has 4 rings (SSSR count). The number of hydrogen-bond acceptors (Lipinski definition) is 4. The third-order valence-electron chi connectivity index (χ3n) is 4.78. The lowest BCUT2D eigenvalue weighted by Crippen LogP contribution is -2.23. The topological polar surface area (TPSA) is 87.7 Å². The number of aromatic nitrogens is 3. The second-order valence-electron chi connectivity index (χ2n) is 6.82. The van der Waals surface area contributed by atoms with Crippen LogP contribution in [-0.4, -0.2) is 23.6 Å². The van der Waals surface area contributed by atoms with Gasteiger partial charge in [0.15, 0.2) is 0 Å². The Hall–Kier alpha value is -3.36. The number of pyridine rings is 1. The highest BCUT2D eigenvalue weighted by Gasteiger charge is 2.15. The fraction of sp³-hybridized carbons (Fsp3) is 0.0909. The molecule has 0 radical (unpaired) electrons. The molecule has 0 aliphatic heterocycles. The Kier molecular flexibility index (Phi) is 5.43. The molecule has 2 N–H and O–H groups in total. The van der Waals surface area contributed by atoms with E-state index in [9.17, 15) is 12.8 Å². The predicted molar refractivity (Wildman–Crippen MR) is 112 cm³/mol. The summed E-state index contributed by atoms with van der Waals surface area (Å²) in [6.45, 7) is 2.12. The van der Waals surface area contributed by atoms with Crippen LogP contribution in [-0.2, 0) is 16.6 Å². The number of halogens is 1. The molecule has 2 heterocycles. The second-order valence-corrected chi connectivity index (χ2v) is 8.59. The van der Waals surface area contributed by atoms with Crippen LogP contribution in [0.3, 0.4) is 0 Å². The summed E-state index contributed by atoms with van der Waals surface area (Å²) in [5.74, 6) is -0.482. The molecule has 0 unspecified atom stereocenters. The Morgan fingerprint density at radius 1 is 0.967 bits per heavy atom. The smallest absolute Gasteiger partial charge is 0.240 e. The lowest BCUT2D eigenvalue weighted by Gasteiger charge is -2.09. The van der Waals surface area contributed by atoms with Gasteiger partial charge in [-0.05, 0) is 53.9 Å². The van der Waals surface area contributed by atoms with Gasteiger partial charge < -0.3 is 0 Å². The van der Waals surface area contributed by atoms with Crippen LogP contribution in [0.15, 0.2) is 78.1 Å². The lowest BCUT2D eigenvalue weighted by molar-refractivity contribution is 0.580. The molecule has 0 atom stereocenters. The van der Waals surface area contributed by atoms with Gasteiger partial charge in [-0.1, -0.05) is 24.3 Å². The van der Waals surface area contributed by atoms with E-state index in [0.717, 1.165) is 45.6 Å². The van der Waals surface area contributed by atoms with Crippen LogP contribution in [0.1, 0.15) is 11.1 Å². The molecule has 152 valence electrons. The van der Waals surface area contributed by atoms with Crippen molar-refractivity contribution in [3.63, 3.8) is 0 Å². The number of aryl methyl sites for hydroxylation is 1. The third kappa shape index (κ3) is 4.14. The number of hydrogen-bond donors (Lipinski definition) is 2. The van der Waals surface area contributed by atoms with Crippen LogP contribution in [0.2, 0.25) is 0 Å². The summed E-state index contributed by atoms with van der Waals surface area (Å²) in [5, 5.41) is 7.22. The average molecular weight is 422 g/mol. The largest absolute Gasteiger partial charge is 0.277 e. The molecule has 0 bridgehead atoms. The first-order chi connectivity index (χ1) is 14.4. The van der Waals surface area contributed by atoms with Gasteiger partial charge >= 0.3 is 0 Å². The third-order valence-corrected chi connectivity index (χ3v) is 6.20. The maximum Gasteiger partial charge on any atom is 0.240 e. The minimum absolute atomic E-state index is 0.0235. The van der Waals surface area contributed by atoms with Gasteiger partial charge in [0.25, 0.3) is 0 Å². The summed E-state index contributed by atoms with van der Waals surface area (Å²) in [6.07, 6.45) is 5.33. The van der Waals surface area contributed by atoms with Crippen LogP contribution in [0.25, 0.3) is 22.4 Å². The Balaban J connectivity index is 1.51. The molecule has 30 heavy (non-hydrogen) atoms. The van der Waals surface area contributed by atoms with Crippen LogP contribution in [0.4, 0.5) is 4.39 Å². The van der Waals surface area contributed by atoms with Gasteiger partial charge in [0.05, 0.1) is 16.8 Å². The van der Waals surface area contributed by atoms with E-state index in [-0.39, 0.29) is 11.4 Å². The molecular formula is C22H19FN4O2S. The van der Waals surface area contributed by atoms with Crippen molar-refractivity contribution < 1.29 is 12.8 Å². The quantitative estimate of drug-likeness (QED) is 0.490. The second kappa shape index (κ2) is 8.17. The minimum Gasteiger partial charge on any atom is -0.277 e. The zero-order chi connectivity index (χ0) is 21.1. The van der Waals surface area contributed by atoms with Gasteiger partial charge in [0.1, 0.15) is 5.82 Å². The van der Waals surface area contributed by atoms with Crippen LogP contribution in [0, 0.1) is 12.7 Å². The molecule has 0 amide bonds. The highest BCUT2D eigenvalue weighted by Crippen LogP contribution is 2.31. The highest BCUT2D eigenvalue weighted by atomic mass is 32.2. The fourth-order valence-corrected chi connectivity index (χ4v) is 4.17. The highest BCUT2D eigenvalue weighted by molar-refractivity contribution is 7.89. The predicted octanol–water partition coefficient (Wildman–Crippen LogP) is 4.06. The number of benzene rings is 2. The van der Waals surface area contributed by atoms with Crippen molar-refractivity contribution in [2.24, 2.45) is 0 Å². The Labute approximate surface area is 173 Å². The van der Waals surface area contributed by atoms with Gasteiger partial charge in [-0.3, -0.25) is 10.1 Å². The molecule has 0 aliphatic carbocycles. The van der Waals surface area contributed by atoms with Crippen molar-refractivity contribution in [2.45, 2.75) is 18.4 Å². The zero-order valence-corrected chi connectivity index (χ0v) is 16.9. The van der Waals surface area contributed by atoms with Crippen LogP contribution in [0.5, 0.6) is 0 Å². The Morgan fingerprint density at radius 2 is 1.70 bits per heavy atom. The molecule has 0 spiro atoms. The van der Waals surface area contributed by atoms with Crippen LogP contribution < -0.4 is 4.72 Å². The molecule has 2 aromatic heterocycles. The van der Waals surface area contributed by atoms with E-state index in [2.05, 4.69) is 19.9 Å². The SMILES string of the molecule is Cc1cnccc1-c1cn[nH]c1-c1ccc(CNS(=O)(=O)c2ccc(F)cc2)cc1. The summed E-state index contributed by atoms with van der Waals surface area (Å²) < 4.78 is 40.3. The molecule has 0 saturated carbocycles. The van der Waals surface area contributed by atoms with Gasteiger partial charge in [-0.15, -0.1) is 0 Å². The van der Waals surface area contributed by atoms with E-state index in [1.165, 1.54) is 12.1 Å². The monoisotopic (exact) mass is 422 g/mol. The van der Waals surface area contributed by atoms with Gasteiger partial charge in [-0.25, -0.2) is 17.5 Å². The number of nitrogens with one attached hydrogen (secondary N) is 2. The molecule has 8 heteroatoms. The number of H-pyrrole nitrogens is 1. The van der Waals surface area contributed by atoms with Crippen molar-refractivity contribution in [1.29, 1.82) is 0 Å². The number of aromatic amines is 1. The first-order valence-corrected chi connectivity index (χ1v) is 10.7. The van der Waals surface area contributed by atoms with Gasteiger partial charge in [0.2, 0.25) is 10.0 Å². The molecule has 0 saturated heterocycles. The normalized spacial score (nSPS) is 11.5. The maximum atomic E-state index is 13.0. The first-order valence-electron chi connectivity index (χ1n) is 9.23. The number of nitrogens with zero attached hydrogens (tertiary/aromatic N) is 2. The van der Waals surface area contributed by atoms with Crippen molar-refractivity contribution >= 4 is 10.0 Å². The summed E-state index contributed by atoms with van der Waals surface area (Å²) >= 11 is 0. The van der Waals surface area contributed by atoms with Crippen molar-refractivity contribution in [2.75, 3.05) is 0 Å². The lowest BCUT2D eigenvalue weighted by atomic mass is 9.99. The average Bonchev–Trinajstić information content (AvgIpc) is 3.23. The van der Waals surface area contributed by atoms with E-state index >= 15 is 0 Å². The molecular weight excluding hydrogens is 403 g/mol. The van der Waals surface area contributed by atoms with E-state index in [1.54, 1.807) is 12.4 Å². The summed E-state index contributed by atoms with van der Waals surface area (Å²) in [4.78, 5) is 4.15. The van der Waals surface area contributed by atoms with Gasteiger partial charge in [0, 0.05) is 30.1 Å². The fourth-order valence-electron chi connectivity index (χ4n) is 3.15. The Bertz CT molecular complexity index is 1270. The van der Waals surface area contributed by atoms with E-state index in [0.29, 0.717) is 0 Å². The molecule has 4 aromatic rings. The molecule has 6 nitrogen and oxygen atoms in total. The summed E-state index contributed by atoms with van der Waals surface area (Å²) in [6, 6.07) is 14.2. The molecule has 0 aliphatic rings. The van der Waals surface area contributed by atoms with E-state index < -0.39 is 15.8 Å². The van der Waals surface area contributed by atoms with Crippen molar-refractivity contribution in [3.05, 3.63) is 90.1 Å². The first kappa shape index (κ1) is 19.9. The van der Waals surface area contributed by atoms with Crippen LogP contribution >= 0.6 is 0 Å². The number of rotatable bonds is 6. The van der Waals surface area contributed by atoms with E-state index in [4.69, 9.17) is 0 Å². The minimum atomic E-state index is -3.71. The zero-order valence-electron chi connectivity index (χ0n) is 16.1. The molecule has 2 aromatic carbocycles. The summed E-state index contributed by atoms with van der Waals surface area (Å²) in [5.41, 5.74) is 5.67. The van der Waals surface area contributed by atoms with E-state index in [1.807, 2.05) is 43.5 Å². The Morgan fingerprint density at radius 3 is 2.40 bits per heavy atom. The van der Waals surface area contributed by atoms with Crippen molar-refractivity contribution in [1.82, 2.24) is 19.9 Å². The standard InChI is InChI=1S/C22H19FN4O2S/c1-15-12-24-11-10-20(15)21-14-25-27-22(21)17-4-2-16(3-5-17)13-26-30(28,29)19-8-6-18(23)7-9-19/h2-12,14,26H,13H2,1H3,(H,25,27). The van der Waals surface area contributed by atoms with Crippen molar-refractivity contribution in [3.8, 4) is 22.4 Å². The summed E-state index contributed by atoms with van der Waals surface area (Å²) in [7, 11) is -3.71.